The third-order valence-electron chi connectivity index (χ3n) is 3.92. The second kappa shape index (κ2) is 5.79. The Hall–Kier alpha value is -1.62. The normalized spacial score (nSPS) is 20.6. The van der Waals surface area contributed by atoms with Crippen LogP contribution in [0.2, 0.25) is 0 Å². The van der Waals surface area contributed by atoms with Crippen molar-refractivity contribution in [1.82, 2.24) is 20.1 Å². The molecule has 0 amide bonds. The number of nitrogens with zero attached hydrogens (tertiary/aromatic N) is 3. The number of aromatic nitrogens is 3. The van der Waals surface area contributed by atoms with E-state index in [-0.39, 0.29) is 0 Å². The molecule has 1 aliphatic rings. The molecule has 108 valence electrons. The molecule has 0 aliphatic carbocycles. The van der Waals surface area contributed by atoms with E-state index in [0.717, 1.165) is 31.2 Å². The van der Waals surface area contributed by atoms with Crippen LogP contribution in [0, 0.1) is 0 Å². The number of piperidine rings is 1. The number of oxazole rings is 1. The third-order valence-corrected chi connectivity index (χ3v) is 3.92. The fourth-order valence-corrected chi connectivity index (χ4v) is 2.84. The summed E-state index contributed by atoms with van der Waals surface area (Å²) in [5, 5.41) is 7.16. The van der Waals surface area contributed by atoms with Crippen LogP contribution in [-0.4, -0.2) is 33.2 Å². The summed E-state index contributed by atoms with van der Waals surface area (Å²) >= 11 is 0. The maximum atomic E-state index is 5.51. The summed E-state index contributed by atoms with van der Waals surface area (Å²) < 4.78 is 5.51. The van der Waals surface area contributed by atoms with Crippen molar-refractivity contribution in [3.63, 3.8) is 0 Å². The van der Waals surface area contributed by atoms with Crippen LogP contribution in [0.25, 0.3) is 0 Å². The van der Waals surface area contributed by atoms with Crippen molar-refractivity contribution in [3.05, 3.63) is 35.8 Å². The smallest absolute Gasteiger partial charge is 0.196 e. The largest absolute Gasteiger partial charge is 0.448 e. The number of likely N-dealkylation sites (tertiary alicyclic amines) is 1. The monoisotopic (exact) mass is 274 g/mol. The van der Waals surface area contributed by atoms with E-state index in [9.17, 15) is 0 Å². The molecule has 1 N–H and O–H groups in total. The predicted molar refractivity (Wildman–Crippen MR) is 76.4 cm³/mol. The van der Waals surface area contributed by atoms with Crippen molar-refractivity contribution in [2.24, 2.45) is 0 Å². The Morgan fingerprint density at radius 2 is 2.40 bits per heavy atom. The van der Waals surface area contributed by atoms with Crippen molar-refractivity contribution in [2.75, 3.05) is 13.1 Å². The molecule has 5 heteroatoms. The van der Waals surface area contributed by atoms with E-state index < -0.39 is 0 Å². The minimum Gasteiger partial charge on any atom is -0.448 e. The van der Waals surface area contributed by atoms with E-state index in [0.29, 0.717) is 11.8 Å². The van der Waals surface area contributed by atoms with Crippen molar-refractivity contribution in [1.29, 1.82) is 0 Å². The number of aromatic amines is 1. The summed E-state index contributed by atoms with van der Waals surface area (Å²) in [5.74, 6) is 1.74. The summed E-state index contributed by atoms with van der Waals surface area (Å²) in [6.07, 6.45) is 6.09. The van der Waals surface area contributed by atoms with Crippen LogP contribution in [0.4, 0.5) is 0 Å². The van der Waals surface area contributed by atoms with E-state index in [2.05, 4.69) is 40.0 Å². The van der Waals surface area contributed by atoms with Gasteiger partial charge in [-0.15, -0.1) is 0 Å². The number of hydrogen-bond acceptors (Lipinski definition) is 4. The molecule has 5 nitrogen and oxygen atoms in total. The molecule has 0 unspecified atom stereocenters. The van der Waals surface area contributed by atoms with Gasteiger partial charge in [0.25, 0.3) is 0 Å². The minimum absolute atomic E-state index is 0.350. The van der Waals surface area contributed by atoms with Crippen LogP contribution in [0.3, 0.4) is 0 Å². The molecule has 0 bridgehead atoms. The van der Waals surface area contributed by atoms with Gasteiger partial charge >= 0.3 is 0 Å². The van der Waals surface area contributed by atoms with Gasteiger partial charge in [0.15, 0.2) is 5.89 Å². The minimum atomic E-state index is 0.350. The van der Waals surface area contributed by atoms with Gasteiger partial charge in [0.05, 0.1) is 5.69 Å². The molecule has 2 aromatic rings. The summed E-state index contributed by atoms with van der Waals surface area (Å²) in [4.78, 5) is 7.02. The summed E-state index contributed by atoms with van der Waals surface area (Å²) in [7, 11) is 0. The number of rotatable bonds is 4. The Balaban J connectivity index is 1.62. The Kier molecular flexibility index (Phi) is 3.87. The van der Waals surface area contributed by atoms with Crippen molar-refractivity contribution in [3.8, 4) is 0 Å². The van der Waals surface area contributed by atoms with Gasteiger partial charge in [-0.2, -0.15) is 5.10 Å². The van der Waals surface area contributed by atoms with Gasteiger partial charge < -0.3 is 4.42 Å². The zero-order valence-corrected chi connectivity index (χ0v) is 12.2. The van der Waals surface area contributed by atoms with E-state index in [4.69, 9.17) is 4.42 Å². The van der Waals surface area contributed by atoms with Crippen molar-refractivity contribution < 1.29 is 4.42 Å². The summed E-state index contributed by atoms with van der Waals surface area (Å²) in [6, 6.07) is 2.08. The third kappa shape index (κ3) is 2.93. The van der Waals surface area contributed by atoms with Gasteiger partial charge in [0.2, 0.25) is 0 Å². The highest BCUT2D eigenvalue weighted by Crippen LogP contribution is 2.26. The second-order valence-corrected chi connectivity index (χ2v) is 5.92. The highest BCUT2D eigenvalue weighted by atomic mass is 16.3. The molecule has 0 spiro atoms. The van der Waals surface area contributed by atoms with Gasteiger partial charge in [-0.05, 0) is 25.5 Å². The number of hydrogen-bond donors (Lipinski definition) is 1. The van der Waals surface area contributed by atoms with Crippen LogP contribution >= 0.6 is 0 Å². The van der Waals surface area contributed by atoms with E-state index in [1.54, 1.807) is 6.26 Å². The van der Waals surface area contributed by atoms with Crippen LogP contribution < -0.4 is 0 Å². The molecule has 20 heavy (non-hydrogen) atoms. The lowest BCUT2D eigenvalue weighted by atomic mass is 9.95. The SMILES string of the molecule is CC(C)c1nc(CN2CCC[C@@H](c3ccn[nH]3)C2)co1. The molecular weight excluding hydrogens is 252 g/mol. The van der Waals surface area contributed by atoms with Crippen LogP contribution in [0.15, 0.2) is 22.9 Å². The van der Waals surface area contributed by atoms with Gasteiger partial charge in [-0.1, -0.05) is 13.8 Å². The molecule has 0 aromatic carbocycles. The van der Waals surface area contributed by atoms with Gasteiger partial charge in [0, 0.05) is 36.8 Å². The average molecular weight is 274 g/mol. The Labute approximate surface area is 119 Å². The molecule has 1 aliphatic heterocycles. The molecule has 0 saturated carbocycles. The van der Waals surface area contributed by atoms with Gasteiger partial charge in [-0.3, -0.25) is 10.00 Å². The zero-order chi connectivity index (χ0) is 13.9. The molecule has 1 atom stereocenters. The van der Waals surface area contributed by atoms with Crippen molar-refractivity contribution in [2.45, 2.75) is 45.1 Å². The van der Waals surface area contributed by atoms with Gasteiger partial charge in [0.1, 0.15) is 6.26 Å². The second-order valence-electron chi connectivity index (χ2n) is 5.92. The van der Waals surface area contributed by atoms with Crippen LogP contribution in [0.5, 0.6) is 0 Å². The standard InChI is InChI=1S/C15H22N4O/c1-11(2)15-17-13(10-20-15)9-19-7-3-4-12(8-19)14-5-6-16-18-14/h5-6,10-12H,3-4,7-9H2,1-2H3,(H,16,18)/t12-/m1/s1. The summed E-state index contributed by atoms with van der Waals surface area (Å²) in [5.41, 5.74) is 2.29. The molecular formula is C15H22N4O. The maximum Gasteiger partial charge on any atom is 0.196 e. The van der Waals surface area contributed by atoms with Crippen LogP contribution in [0.1, 0.15) is 55.8 Å². The van der Waals surface area contributed by atoms with E-state index in [1.165, 1.54) is 18.5 Å². The Morgan fingerprint density at radius 3 is 3.10 bits per heavy atom. The highest BCUT2D eigenvalue weighted by molar-refractivity contribution is 5.08. The van der Waals surface area contributed by atoms with E-state index in [1.807, 2.05) is 6.20 Å². The quantitative estimate of drug-likeness (QED) is 0.931. The van der Waals surface area contributed by atoms with E-state index >= 15 is 0 Å². The topological polar surface area (TPSA) is 58.0 Å². The number of H-pyrrole nitrogens is 1. The molecule has 1 saturated heterocycles. The lowest BCUT2D eigenvalue weighted by molar-refractivity contribution is 0.196. The first kappa shape index (κ1) is 13.4. The zero-order valence-electron chi connectivity index (χ0n) is 12.2. The first-order valence-electron chi connectivity index (χ1n) is 7.38. The molecule has 0 radical (unpaired) electrons. The maximum absolute atomic E-state index is 5.51. The first-order chi connectivity index (χ1) is 9.72. The number of nitrogens with one attached hydrogen (secondary N) is 1. The van der Waals surface area contributed by atoms with Crippen molar-refractivity contribution >= 4 is 0 Å². The summed E-state index contributed by atoms with van der Waals surface area (Å²) in [6.45, 7) is 7.27. The molecule has 2 aromatic heterocycles. The molecule has 3 heterocycles. The first-order valence-corrected chi connectivity index (χ1v) is 7.38. The lowest BCUT2D eigenvalue weighted by Gasteiger charge is -2.31. The predicted octanol–water partition coefficient (Wildman–Crippen LogP) is 2.90. The Morgan fingerprint density at radius 1 is 1.50 bits per heavy atom. The average Bonchev–Trinajstić information content (AvgIpc) is 3.10. The van der Waals surface area contributed by atoms with Gasteiger partial charge in [-0.25, -0.2) is 4.98 Å². The fourth-order valence-electron chi connectivity index (χ4n) is 2.84. The molecule has 1 fully saturated rings. The molecule has 3 rings (SSSR count). The highest BCUT2D eigenvalue weighted by Gasteiger charge is 2.23. The fraction of sp³-hybridized carbons (Fsp3) is 0.600. The lowest BCUT2D eigenvalue weighted by Crippen LogP contribution is -2.34. The Bertz CT molecular complexity index is 532. The van der Waals surface area contributed by atoms with Crippen LogP contribution in [-0.2, 0) is 6.54 Å².